The van der Waals surface area contributed by atoms with Crippen molar-refractivity contribution in [2.45, 2.75) is 20.4 Å². The average Bonchev–Trinajstić information content (AvgIpc) is 2.84. The van der Waals surface area contributed by atoms with Crippen LogP contribution in [0.3, 0.4) is 0 Å². The molecule has 1 saturated heterocycles. The van der Waals surface area contributed by atoms with Gasteiger partial charge < -0.3 is 9.80 Å². The molecule has 8 heteroatoms. The van der Waals surface area contributed by atoms with Crippen molar-refractivity contribution in [1.29, 1.82) is 0 Å². The van der Waals surface area contributed by atoms with E-state index in [2.05, 4.69) is 5.43 Å². The highest BCUT2D eigenvalue weighted by Gasteiger charge is 2.31. The molecule has 0 aliphatic carbocycles. The van der Waals surface area contributed by atoms with E-state index in [4.69, 9.17) is 5.84 Å². The fourth-order valence-electron chi connectivity index (χ4n) is 2.23. The predicted octanol–water partition coefficient (Wildman–Crippen LogP) is -0.149. The predicted molar refractivity (Wildman–Crippen MR) is 78.4 cm³/mol. The van der Waals surface area contributed by atoms with Crippen LogP contribution in [0.1, 0.15) is 27.0 Å². The SMILES string of the molecule is CCN1CCN(Cc2cc(C(=O)NN)sc2C)C(=O)C1=O. The molecule has 2 rings (SSSR count). The lowest BCUT2D eigenvalue weighted by Gasteiger charge is -2.33. The highest BCUT2D eigenvalue weighted by molar-refractivity contribution is 7.14. The number of nitrogens with two attached hydrogens (primary N) is 1. The molecular weight excluding hydrogens is 292 g/mol. The maximum atomic E-state index is 12.0. The largest absolute Gasteiger partial charge is 0.333 e. The zero-order valence-electron chi connectivity index (χ0n) is 12.0. The first-order valence-corrected chi connectivity index (χ1v) is 7.48. The normalized spacial score (nSPS) is 15.6. The van der Waals surface area contributed by atoms with E-state index < -0.39 is 11.8 Å². The van der Waals surface area contributed by atoms with Crippen LogP contribution in [0, 0.1) is 6.92 Å². The fraction of sp³-hybridized carbons (Fsp3) is 0.462. The van der Waals surface area contributed by atoms with Crippen molar-refractivity contribution in [2.24, 2.45) is 5.84 Å². The molecule has 0 radical (unpaired) electrons. The molecule has 1 fully saturated rings. The summed E-state index contributed by atoms with van der Waals surface area (Å²) < 4.78 is 0. The summed E-state index contributed by atoms with van der Waals surface area (Å²) in [6.07, 6.45) is 0. The number of piperazine rings is 1. The van der Waals surface area contributed by atoms with Crippen molar-refractivity contribution in [3.05, 3.63) is 21.4 Å². The lowest BCUT2D eigenvalue weighted by atomic mass is 10.2. The van der Waals surface area contributed by atoms with Gasteiger partial charge in [0, 0.05) is 31.1 Å². The topological polar surface area (TPSA) is 95.7 Å². The third-order valence-electron chi connectivity index (χ3n) is 3.52. The van der Waals surface area contributed by atoms with Crippen LogP contribution in [0.25, 0.3) is 0 Å². The molecule has 0 unspecified atom stereocenters. The Balaban J connectivity index is 2.12. The molecule has 1 aliphatic rings. The van der Waals surface area contributed by atoms with E-state index in [1.165, 1.54) is 21.1 Å². The van der Waals surface area contributed by atoms with E-state index in [0.717, 1.165) is 10.4 Å². The van der Waals surface area contributed by atoms with Gasteiger partial charge in [0.1, 0.15) is 0 Å². The van der Waals surface area contributed by atoms with E-state index in [1.54, 1.807) is 6.07 Å². The van der Waals surface area contributed by atoms with Gasteiger partial charge in [0.2, 0.25) is 0 Å². The molecule has 1 aromatic heterocycles. The Kier molecular flexibility index (Phi) is 4.59. The number of rotatable bonds is 4. The van der Waals surface area contributed by atoms with Crippen LogP contribution in [0.5, 0.6) is 0 Å². The van der Waals surface area contributed by atoms with Gasteiger partial charge in [-0.05, 0) is 25.5 Å². The van der Waals surface area contributed by atoms with Crippen LogP contribution < -0.4 is 11.3 Å². The molecule has 0 bridgehead atoms. The Morgan fingerprint density at radius 3 is 2.57 bits per heavy atom. The second kappa shape index (κ2) is 6.23. The Morgan fingerprint density at radius 2 is 1.95 bits per heavy atom. The Labute approximate surface area is 126 Å². The standard InChI is InChI=1S/C13H18N4O3S/c1-3-16-4-5-17(13(20)12(16)19)7-9-6-10(11(18)15-14)21-8(9)2/h6H,3-5,7,14H2,1-2H3,(H,15,18). The Bertz CT molecular complexity index is 584. The first-order valence-electron chi connectivity index (χ1n) is 6.66. The Hall–Kier alpha value is -1.93. The molecule has 1 aromatic rings. The summed E-state index contributed by atoms with van der Waals surface area (Å²) in [5.41, 5.74) is 2.95. The summed E-state index contributed by atoms with van der Waals surface area (Å²) >= 11 is 1.32. The van der Waals surface area contributed by atoms with Crippen molar-refractivity contribution < 1.29 is 14.4 Å². The zero-order valence-corrected chi connectivity index (χ0v) is 12.8. The summed E-state index contributed by atoms with van der Waals surface area (Å²) in [6.45, 7) is 5.65. The summed E-state index contributed by atoms with van der Waals surface area (Å²) in [5.74, 6) is 3.81. The number of thiophene rings is 1. The summed E-state index contributed by atoms with van der Waals surface area (Å²) in [5, 5.41) is 0. The van der Waals surface area contributed by atoms with Gasteiger partial charge in [-0.1, -0.05) is 0 Å². The van der Waals surface area contributed by atoms with E-state index in [0.29, 0.717) is 31.1 Å². The van der Waals surface area contributed by atoms with Crippen molar-refractivity contribution in [2.75, 3.05) is 19.6 Å². The minimum absolute atomic E-state index is 0.336. The molecule has 0 aromatic carbocycles. The second-order valence-corrected chi connectivity index (χ2v) is 6.03. The second-order valence-electron chi connectivity index (χ2n) is 4.78. The van der Waals surface area contributed by atoms with Crippen LogP contribution in [-0.4, -0.2) is 47.2 Å². The lowest BCUT2D eigenvalue weighted by Crippen LogP contribution is -2.53. The molecule has 0 saturated carbocycles. The highest BCUT2D eigenvalue weighted by Crippen LogP contribution is 2.23. The molecule has 3 N–H and O–H groups in total. The molecule has 21 heavy (non-hydrogen) atoms. The number of aryl methyl sites for hydroxylation is 1. The van der Waals surface area contributed by atoms with Crippen molar-refractivity contribution in [3.8, 4) is 0 Å². The van der Waals surface area contributed by atoms with Crippen LogP contribution in [0.2, 0.25) is 0 Å². The molecule has 114 valence electrons. The molecular formula is C13H18N4O3S. The average molecular weight is 310 g/mol. The van der Waals surface area contributed by atoms with Gasteiger partial charge in [-0.3, -0.25) is 19.8 Å². The minimum Gasteiger partial charge on any atom is -0.333 e. The minimum atomic E-state index is -0.487. The number of carbonyl (C=O) groups excluding carboxylic acids is 3. The molecule has 0 spiro atoms. The van der Waals surface area contributed by atoms with Gasteiger partial charge >= 0.3 is 11.8 Å². The number of nitrogens with one attached hydrogen (secondary N) is 1. The van der Waals surface area contributed by atoms with Gasteiger partial charge in [-0.15, -0.1) is 11.3 Å². The van der Waals surface area contributed by atoms with E-state index in [-0.39, 0.29) is 5.91 Å². The first kappa shape index (κ1) is 15.5. The van der Waals surface area contributed by atoms with Gasteiger partial charge in [0.25, 0.3) is 5.91 Å². The lowest BCUT2D eigenvalue weighted by molar-refractivity contribution is -0.156. The van der Waals surface area contributed by atoms with Gasteiger partial charge in [-0.25, -0.2) is 5.84 Å². The number of amides is 3. The Morgan fingerprint density at radius 1 is 1.33 bits per heavy atom. The third-order valence-corrected chi connectivity index (χ3v) is 4.61. The maximum Gasteiger partial charge on any atom is 0.312 e. The van der Waals surface area contributed by atoms with Crippen LogP contribution in [0.15, 0.2) is 6.07 Å². The number of likely N-dealkylation sites (N-methyl/N-ethyl adjacent to an activating group) is 1. The highest BCUT2D eigenvalue weighted by atomic mass is 32.1. The smallest absolute Gasteiger partial charge is 0.312 e. The third kappa shape index (κ3) is 3.06. The van der Waals surface area contributed by atoms with Gasteiger partial charge in [0.05, 0.1) is 4.88 Å². The van der Waals surface area contributed by atoms with Crippen molar-refractivity contribution in [3.63, 3.8) is 0 Å². The van der Waals surface area contributed by atoms with Crippen LogP contribution >= 0.6 is 11.3 Å². The van der Waals surface area contributed by atoms with Crippen molar-refractivity contribution in [1.82, 2.24) is 15.2 Å². The summed E-state index contributed by atoms with van der Waals surface area (Å²) in [6, 6.07) is 1.71. The maximum absolute atomic E-state index is 12.0. The molecule has 1 aliphatic heterocycles. The number of hydrogen-bond acceptors (Lipinski definition) is 5. The molecule has 2 heterocycles. The van der Waals surface area contributed by atoms with E-state index in [1.807, 2.05) is 13.8 Å². The van der Waals surface area contributed by atoms with E-state index in [9.17, 15) is 14.4 Å². The quantitative estimate of drug-likeness (QED) is 0.350. The molecule has 0 atom stereocenters. The van der Waals surface area contributed by atoms with Crippen LogP contribution in [0.4, 0.5) is 0 Å². The number of hydrogen-bond donors (Lipinski definition) is 2. The van der Waals surface area contributed by atoms with Crippen LogP contribution in [-0.2, 0) is 16.1 Å². The number of carbonyl (C=O) groups is 3. The summed E-state index contributed by atoms with van der Waals surface area (Å²) in [7, 11) is 0. The first-order chi connectivity index (χ1) is 9.97. The monoisotopic (exact) mass is 310 g/mol. The number of nitrogens with zero attached hydrogens (tertiary/aromatic N) is 2. The fourth-order valence-corrected chi connectivity index (χ4v) is 3.17. The molecule has 3 amide bonds. The van der Waals surface area contributed by atoms with Gasteiger partial charge in [-0.2, -0.15) is 0 Å². The van der Waals surface area contributed by atoms with E-state index >= 15 is 0 Å². The number of nitrogen functional groups attached to an aromatic ring is 1. The van der Waals surface area contributed by atoms with Gasteiger partial charge in [0.15, 0.2) is 0 Å². The van der Waals surface area contributed by atoms with Crippen molar-refractivity contribution >= 4 is 29.1 Å². The zero-order chi connectivity index (χ0) is 15.6. The summed E-state index contributed by atoms with van der Waals surface area (Å²) in [4.78, 5) is 39.9. The molecule has 7 nitrogen and oxygen atoms in total. The number of hydrazine groups is 1.